The van der Waals surface area contributed by atoms with Crippen LogP contribution in [0.1, 0.15) is 18.9 Å². The minimum absolute atomic E-state index is 0.838. The zero-order chi connectivity index (χ0) is 17.0. The van der Waals surface area contributed by atoms with Crippen molar-refractivity contribution in [3.05, 3.63) is 35.9 Å². The van der Waals surface area contributed by atoms with Crippen LogP contribution in [-0.2, 0) is 19.8 Å². The van der Waals surface area contributed by atoms with E-state index in [0.29, 0.717) is 0 Å². The lowest BCUT2D eigenvalue weighted by Gasteiger charge is -2.24. The molecule has 1 aromatic rings. The first-order valence-electron chi connectivity index (χ1n) is 8.32. The zero-order valence-corrected chi connectivity index (χ0v) is 16.0. The van der Waals surface area contributed by atoms with Crippen LogP contribution in [0.5, 0.6) is 0 Å². The summed E-state index contributed by atoms with van der Waals surface area (Å²) < 4.78 is 16.3. The van der Waals surface area contributed by atoms with Gasteiger partial charge in [-0.3, -0.25) is 4.90 Å². The Morgan fingerprint density at radius 1 is 1.00 bits per heavy atom. The molecule has 0 aliphatic carbocycles. The third-order valence-electron chi connectivity index (χ3n) is 4.07. The van der Waals surface area contributed by atoms with Crippen molar-refractivity contribution in [1.82, 2.24) is 10.2 Å². The molecule has 0 bridgehead atoms. The van der Waals surface area contributed by atoms with Crippen molar-refractivity contribution in [2.75, 3.05) is 47.5 Å². The molecule has 0 aliphatic rings. The van der Waals surface area contributed by atoms with Crippen LogP contribution < -0.4 is 5.32 Å². The molecule has 0 amide bonds. The van der Waals surface area contributed by atoms with E-state index in [4.69, 9.17) is 13.3 Å². The lowest BCUT2D eigenvalue weighted by molar-refractivity contribution is 0.123. The van der Waals surface area contributed by atoms with Crippen molar-refractivity contribution in [3.8, 4) is 0 Å². The Morgan fingerprint density at radius 3 is 2.22 bits per heavy atom. The number of likely N-dealkylation sites (N-methyl/N-ethyl adjacent to an activating group) is 1. The van der Waals surface area contributed by atoms with Crippen molar-refractivity contribution in [3.63, 3.8) is 0 Å². The molecule has 23 heavy (non-hydrogen) atoms. The highest BCUT2D eigenvalue weighted by atomic mass is 28.4. The van der Waals surface area contributed by atoms with Gasteiger partial charge in [-0.1, -0.05) is 37.3 Å². The molecule has 0 atom stereocenters. The minimum Gasteiger partial charge on any atom is -0.377 e. The number of hydrogen-bond acceptors (Lipinski definition) is 5. The summed E-state index contributed by atoms with van der Waals surface area (Å²) in [5.41, 5.74) is 1.37. The number of nitrogens with zero attached hydrogens (tertiary/aromatic N) is 1. The first kappa shape index (κ1) is 20.3. The van der Waals surface area contributed by atoms with E-state index < -0.39 is 8.80 Å². The van der Waals surface area contributed by atoms with E-state index in [1.165, 1.54) is 5.56 Å². The van der Waals surface area contributed by atoms with Crippen LogP contribution in [-0.4, -0.2) is 61.2 Å². The first-order valence-corrected chi connectivity index (χ1v) is 10.2. The average molecular weight is 341 g/mol. The fourth-order valence-corrected chi connectivity index (χ4v) is 4.26. The second-order valence-electron chi connectivity index (χ2n) is 5.50. The van der Waals surface area contributed by atoms with Gasteiger partial charge >= 0.3 is 8.80 Å². The average Bonchev–Trinajstić information content (AvgIpc) is 2.61. The number of rotatable bonds is 13. The van der Waals surface area contributed by atoms with Crippen molar-refractivity contribution in [1.29, 1.82) is 0 Å². The van der Waals surface area contributed by atoms with Crippen LogP contribution in [0.3, 0.4) is 0 Å². The van der Waals surface area contributed by atoms with Gasteiger partial charge in [0, 0.05) is 47.0 Å². The molecule has 0 radical (unpaired) electrons. The Bertz CT molecular complexity index is 394. The second-order valence-corrected chi connectivity index (χ2v) is 8.59. The van der Waals surface area contributed by atoms with Gasteiger partial charge in [0.1, 0.15) is 0 Å². The summed E-state index contributed by atoms with van der Waals surface area (Å²) in [5.74, 6) is 0. The van der Waals surface area contributed by atoms with Crippen LogP contribution in [0.4, 0.5) is 0 Å². The maximum atomic E-state index is 5.42. The Morgan fingerprint density at radius 2 is 1.65 bits per heavy atom. The van der Waals surface area contributed by atoms with Crippen LogP contribution in [0.2, 0.25) is 6.04 Å². The topological polar surface area (TPSA) is 43.0 Å². The van der Waals surface area contributed by atoms with Gasteiger partial charge in [-0.25, -0.2) is 0 Å². The molecule has 0 saturated carbocycles. The monoisotopic (exact) mass is 340 g/mol. The number of hydrogen-bond donors (Lipinski definition) is 1. The van der Waals surface area contributed by atoms with E-state index in [0.717, 1.165) is 45.2 Å². The minimum atomic E-state index is -2.41. The molecule has 0 unspecified atom stereocenters. The van der Waals surface area contributed by atoms with E-state index in [1.54, 1.807) is 21.3 Å². The fourth-order valence-electron chi connectivity index (χ4n) is 2.54. The number of nitrogens with one attached hydrogen (secondary N) is 1. The van der Waals surface area contributed by atoms with E-state index in [9.17, 15) is 0 Å². The molecule has 0 fully saturated rings. The molecule has 6 heteroatoms. The summed E-state index contributed by atoms with van der Waals surface area (Å²) in [5, 5.41) is 3.49. The van der Waals surface area contributed by atoms with Crippen LogP contribution in [0.15, 0.2) is 30.3 Å². The Balaban J connectivity index is 2.18. The summed E-state index contributed by atoms with van der Waals surface area (Å²) >= 11 is 0. The van der Waals surface area contributed by atoms with Crippen molar-refractivity contribution in [2.45, 2.75) is 25.9 Å². The smallest absolute Gasteiger partial charge is 0.377 e. The Kier molecular flexibility index (Phi) is 10.3. The Hall–Kier alpha value is -0.763. The van der Waals surface area contributed by atoms with Crippen molar-refractivity contribution < 1.29 is 13.3 Å². The predicted molar refractivity (Wildman–Crippen MR) is 96.5 cm³/mol. The lowest BCUT2D eigenvalue weighted by Crippen LogP contribution is -2.43. The molecule has 0 heterocycles. The molecular formula is C17H32N2O3Si. The van der Waals surface area contributed by atoms with E-state index in [-0.39, 0.29) is 0 Å². The summed E-state index contributed by atoms with van der Waals surface area (Å²) in [6, 6.07) is 11.5. The highest BCUT2D eigenvalue weighted by Gasteiger charge is 2.36. The highest BCUT2D eigenvalue weighted by molar-refractivity contribution is 6.60. The number of benzene rings is 1. The summed E-state index contributed by atoms with van der Waals surface area (Å²) in [6.45, 7) is 7.26. The van der Waals surface area contributed by atoms with Gasteiger partial charge in [0.05, 0.1) is 0 Å². The molecule has 132 valence electrons. The molecule has 0 aromatic heterocycles. The largest absolute Gasteiger partial charge is 0.500 e. The summed E-state index contributed by atoms with van der Waals surface area (Å²) in [4.78, 5) is 2.45. The van der Waals surface area contributed by atoms with Crippen LogP contribution in [0.25, 0.3) is 0 Å². The fraction of sp³-hybridized carbons (Fsp3) is 0.647. The van der Waals surface area contributed by atoms with Gasteiger partial charge in [0.15, 0.2) is 0 Å². The van der Waals surface area contributed by atoms with Gasteiger partial charge in [0.2, 0.25) is 0 Å². The first-order chi connectivity index (χ1) is 11.2. The third kappa shape index (κ3) is 7.56. The van der Waals surface area contributed by atoms with E-state index in [1.807, 2.05) is 0 Å². The lowest BCUT2D eigenvalue weighted by atomic mass is 10.2. The van der Waals surface area contributed by atoms with Gasteiger partial charge in [-0.05, 0) is 25.1 Å². The Labute approximate surface area is 142 Å². The molecule has 1 aromatic carbocycles. The standard InChI is InChI=1S/C17H32N2O3Si/c1-5-19(16-17-10-7-6-8-11-17)14-13-18-12-9-15-23(20-2,21-3)22-4/h6-8,10-11,18H,5,9,12-16H2,1-4H3. The normalized spacial score (nSPS) is 12.0. The van der Waals surface area contributed by atoms with Gasteiger partial charge in [-0.15, -0.1) is 0 Å². The van der Waals surface area contributed by atoms with Gasteiger partial charge in [-0.2, -0.15) is 0 Å². The second kappa shape index (κ2) is 11.7. The maximum absolute atomic E-state index is 5.42. The summed E-state index contributed by atoms with van der Waals surface area (Å²) in [7, 11) is 2.58. The van der Waals surface area contributed by atoms with Crippen LogP contribution in [0, 0.1) is 0 Å². The molecule has 0 saturated heterocycles. The van der Waals surface area contributed by atoms with Crippen molar-refractivity contribution in [2.24, 2.45) is 0 Å². The van der Waals surface area contributed by atoms with Crippen molar-refractivity contribution >= 4 is 8.80 Å². The van der Waals surface area contributed by atoms with Gasteiger partial charge in [0.25, 0.3) is 0 Å². The van der Waals surface area contributed by atoms with Gasteiger partial charge < -0.3 is 18.6 Å². The molecular weight excluding hydrogens is 308 g/mol. The quantitative estimate of drug-likeness (QED) is 0.441. The van der Waals surface area contributed by atoms with E-state index >= 15 is 0 Å². The highest BCUT2D eigenvalue weighted by Crippen LogP contribution is 2.14. The predicted octanol–water partition coefficient (Wildman–Crippen LogP) is 2.37. The zero-order valence-electron chi connectivity index (χ0n) is 15.0. The molecule has 0 spiro atoms. The SMILES string of the molecule is CCN(CCNCCC[Si](OC)(OC)OC)Cc1ccccc1. The maximum Gasteiger partial charge on any atom is 0.500 e. The third-order valence-corrected chi connectivity index (χ3v) is 6.90. The molecule has 1 N–H and O–H groups in total. The molecule has 1 rings (SSSR count). The molecule has 5 nitrogen and oxygen atoms in total. The van der Waals surface area contributed by atoms with E-state index in [2.05, 4.69) is 47.5 Å². The van der Waals surface area contributed by atoms with Crippen LogP contribution >= 0.6 is 0 Å². The summed E-state index contributed by atoms with van der Waals surface area (Å²) in [6.07, 6.45) is 0.993. The molecule has 0 aliphatic heterocycles.